The molecule has 0 aliphatic heterocycles. The van der Waals surface area contributed by atoms with E-state index in [-0.39, 0.29) is 5.91 Å². The van der Waals surface area contributed by atoms with Crippen LogP contribution in [0, 0.1) is 0 Å². The Morgan fingerprint density at radius 3 is 2.95 bits per heavy atom. The molecule has 1 rings (SSSR count). The van der Waals surface area contributed by atoms with Crippen LogP contribution in [0.25, 0.3) is 0 Å². The van der Waals surface area contributed by atoms with E-state index in [1.54, 1.807) is 20.1 Å². The van der Waals surface area contributed by atoms with Gasteiger partial charge in [0.05, 0.1) is 13.2 Å². The van der Waals surface area contributed by atoms with Crippen LogP contribution in [0.1, 0.15) is 13.8 Å². The molecule has 1 aromatic heterocycles. The summed E-state index contributed by atoms with van der Waals surface area (Å²) < 4.78 is 10.1. The molecule has 1 aromatic rings. The van der Waals surface area contributed by atoms with E-state index in [2.05, 4.69) is 20.6 Å². The third kappa shape index (κ3) is 5.52. The van der Waals surface area contributed by atoms with Gasteiger partial charge in [-0.15, -0.1) is 0 Å². The number of ether oxygens (including phenoxy) is 2. The molecule has 1 atom stereocenters. The first-order valence-electron chi connectivity index (χ1n) is 6.15. The number of anilines is 1. The highest BCUT2D eigenvalue weighted by molar-refractivity contribution is 5.83. The number of carbonyl (C=O) groups excluding carboxylic acids is 1. The number of carbonyl (C=O) groups is 1. The molecule has 0 bridgehead atoms. The molecule has 0 aromatic carbocycles. The smallest absolute Gasteiger partial charge is 0.242 e. The van der Waals surface area contributed by atoms with Gasteiger partial charge in [-0.2, -0.15) is 0 Å². The summed E-state index contributed by atoms with van der Waals surface area (Å²) in [7, 11) is 1.59. The van der Waals surface area contributed by atoms with Crippen LogP contribution in [0.5, 0.6) is 5.88 Å². The van der Waals surface area contributed by atoms with Gasteiger partial charge in [-0.25, -0.2) is 9.97 Å². The minimum atomic E-state index is -0.402. The van der Waals surface area contributed by atoms with Crippen molar-refractivity contribution in [1.29, 1.82) is 0 Å². The summed E-state index contributed by atoms with van der Waals surface area (Å²) in [5.74, 6) is 0.911. The molecule has 19 heavy (non-hydrogen) atoms. The van der Waals surface area contributed by atoms with E-state index in [0.717, 1.165) is 0 Å². The van der Waals surface area contributed by atoms with E-state index >= 15 is 0 Å². The van der Waals surface area contributed by atoms with Gasteiger partial charge in [0.2, 0.25) is 11.8 Å². The lowest BCUT2D eigenvalue weighted by Gasteiger charge is -2.14. The highest BCUT2D eigenvalue weighted by atomic mass is 16.5. The van der Waals surface area contributed by atoms with Gasteiger partial charge in [-0.3, -0.25) is 4.79 Å². The van der Waals surface area contributed by atoms with Gasteiger partial charge in [0.15, 0.2) is 0 Å². The SMILES string of the molecule is CCOc1cc(NC(C)C(=O)NCCOC)ncn1. The zero-order valence-corrected chi connectivity index (χ0v) is 11.5. The Kier molecular flexibility index (Phi) is 6.59. The summed E-state index contributed by atoms with van der Waals surface area (Å²) in [4.78, 5) is 19.7. The van der Waals surface area contributed by atoms with Gasteiger partial charge >= 0.3 is 0 Å². The molecule has 1 heterocycles. The predicted octanol–water partition coefficient (Wildman–Crippen LogP) is 0.438. The van der Waals surface area contributed by atoms with E-state index in [4.69, 9.17) is 9.47 Å². The van der Waals surface area contributed by atoms with Crippen molar-refractivity contribution in [3.8, 4) is 5.88 Å². The van der Waals surface area contributed by atoms with Crippen LogP contribution in [0.3, 0.4) is 0 Å². The van der Waals surface area contributed by atoms with Crippen LogP contribution in [0.2, 0.25) is 0 Å². The number of amides is 1. The summed E-state index contributed by atoms with van der Waals surface area (Å²) in [6.45, 7) is 5.13. The topological polar surface area (TPSA) is 85.4 Å². The number of methoxy groups -OCH3 is 1. The van der Waals surface area contributed by atoms with E-state index in [9.17, 15) is 4.79 Å². The van der Waals surface area contributed by atoms with Crippen molar-refractivity contribution in [3.63, 3.8) is 0 Å². The highest BCUT2D eigenvalue weighted by Crippen LogP contribution is 2.11. The minimum Gasteiger partial charge on any atom is -0.478 e. The quantitative estimate of drug-likeness (QED) is 0.665. The Hall–Kier alpha value is -1.89. The largest absolute Gasteiger partial charge is 0.478 e. The van der Waals surface area contributed by atoms with Crippen molar-refractivity contribution in [2.75, 3.05) is 32.2 Å². The maximum absolute atomic E-state index is 11.7. The van der Waals surface area contributed by atoms with E-state index in [0.29, 0.717) is 31.5 Å². The Labute approximate surface area is 112 Å². The molecule has 0 fully saturated rings. The summed E-state index contributed by atoms with van der Waals surface area (Å²) in [6, 6.07) is 1.25. The maximum Gasteiger partial charge on any atom is 0.242 e. The van der Waals surface area contributed by atoms with Crippen molar-refractivity contribution >= 4 is 11.7 Å². The molecule has 7 heteroatoms. The highest BCUT2D eigenvalue weighted by Gasteiger charge is 2.12. The molecule has 0 radical (unpaired) electrons. The third-order valence-corrected chi connectivity index (χ3v) is 2.30. The second-order valence-electron chi connectivity index (χ2n) is 3.82. The van der Waals surface area contributed by atoms with Crippen molar-refractivity contribution in [3.05, 3.63) is 12.4 Å². The number of rotatable bonds is 8. The van der Waals surface area contributed by atoms with Crippen LogP contribution >= 0.6 is 0 Å². The summed E-state index contributed by atoms with van der Waals surface area (Å²) in [6.07, 6.45) is 1.39. The van der Waals surface area contributed by atoms with Gasteiger partial charge < -0.3 is 20.1 Å². The standard InChI is InChI=1S/C12H20N4O3/c1-4-19-11-7-10(14-8-15-11)16-9(2)12(17)13-5-6-18-3/h7-9H,4-6H2,1-3H3,(H,13,17)(H,14,15,16). The molecule has 106 valence electrons. The Morgan fingerprint density at radius 2 is 2.26 bits per heavy atom. The average Bonchev–Trinajstić information content (AvgIpc) is 2.39. The van der Waals surface area contributed by atoms with Gasteiger partial charge in [0.1, 0.15) is 18.2 Å². The zero-order valence-electron chi connectivity index (χ0n) is 11.5. The lowest BCUT2D eigenvalue weighted by molar-refractivity contribution is -0.121. The fourth-order valence-electron chi connectivity index (χ4n) is 1.36. The molecule has 0 aliphatic carbocycles. The lowest BCUT2D eigenvalue weighted by Crippen LogP contribution is -2.39. The Morgan fingerprint density at radius 1 is 1.47 bits per heavy atom. The molecule has 0 spiro atoms. The molecular formula is C12H20N4O3. The number of nitrogens with one attached hydrogen (secondary N) is 2. The van der Waals surface area contributed by atoms with Crippen LogP contribution in [-0.4, -0.2) is 48.8 Å². The summed E-state index contributed by atoms with van der Waals surface area (Å²) in [5, 5.41) is 5.73. The van der Waals surface area contributed by atoms with Crippen molar-refractivity contribution in [1.82, 2.24) is 15.3 Å². The van der Waals surface area contributed by atoms with Crippen molar-refractivity contribution in [2.24, 2.45) is 0 Å². The Balaban J connectivity index is 2.48. The lowest BCUT2D eigenvalue weighted by atomic mass is 10.3. The molecule has 0 aliphatic rings. The van der Waals surface area contributed by atoms with Crippen LogP contribution in [-0.2, 0) is 9.53 Å². The molecule has 0 saturated heterocycles. The van der Waals surface area contributed by atoms with E-state index in [1.807, 2.05) is 6.92 Å². The molecule has 2 N–H and O–H groups in total. The number of hydrogen-bond donors (Lipinski definition) is 2. The second kappa shape index (κ2) is 8.25. The number of nitrogens with zero attached hydrogens (tertiary/aromatic N) is 2. The predicted molar refractivity (Wildman–Crippen MR) is 71.2 cm³/mol. The van der Waals surface area contributed by atoms with Gasteiger partial charge in [0, 0.05) is 19.7 Å². The van der Waals surface area contributed by atoms with Crippen LogP contribution in [0.4, 0.5) is 5.82 Å². The monoisotopic (exact) mass is 268 g/mol. The number of aromatic nitrogens is 2. The first-order valence-corrected chi connectivity index (χ1v) is 6.15. The third-order valence-electron chi connectivity index (χ3n) is 2.30. The summed E-state index contributed by atoms with van der Waals surface area (Å²) >= 11 is 0. The van der Waals surface area contributed by atoms with Crippen molar-refractivity contribution in [2.45, 2.75) is 19.9 Å². The van der Waals surface area contributed by atoms with Crippen LogP contribution in [0.15, 0.2) is 12.4 Å². The van der Waals surface area contributed by atoms with E-state index < -0.39 is 6.04 Å². The molecular weight excluding hydrogens is 248 g/mol. The van der Waals surface area contributed by atoms with E-state index in [1.165, 1.54) is 6.33 Å². The maximum atomic E-state index is 11.7. The average molecular weight is 268 g/mol. The van der Waals surface area contributed by atoms with Gasteiger partial charge in [0.25, 0.3) is 0 Å². The fraction of sp³-hybridized carbons (Fsp3) is 0.583. The molecule has 7 nitrogen and oxygen atoms in total. The van der Waals surface area contributed by atoms with Gasteiger partial charge in [-0.1, -0.05) is 0 Å². The minimum absolute atomic E-state index is 0.117. The first-order chi connectivity index (χ1) is 9.17. The Bertz CT molecular complexity index is 400. The fourth-order valence-corrected chi connectivity index (χ4v) is 1.36. The van der Waals surface area contributed by atoms with Crippen LogP contribution < -0.4 is 15.4 Å². The first kappa shape index (κ1) is 15.2. The summed E-state index contributed by atoms with van der Waals surface area (Å²) in [5.41, 5.74) is 0. The number of hydrogen-bond acceptors (Lipinski definition) is 6. The zero-order chi connectivity index (χ0) is 14.1. The molecule has 1 amide bonds. The van der Waals surface area contributed by atoms with Crippen molar-refractivity contribution < 1.29 is 14.3 Å². The molecule has 0 saturated carbocycles. The van der Waals surface area contributed by atoms with Gasteiger partial charge in [-0.05, 0) is 13.8 Å². The second-order valence-corrected chi connectivity index (χ2v) is 3.82. The molecule has 1 unspecified atom stereocenters. The normalized spacial score (nSPS) is 11.7.